The molecule has 0 bridgehead atoms. The summed E-state index contributed by atoms with van der Waals surface area (Å²) in [5.41, 5.74) is 2.67. The van der Waals surface area contributed by atoms with Crippen LogP contribution in [0.15, 0.2) is 18.2 Å². The van der Waals surface area contributed by atoms with Crippen molar-refractivity contribution in [1.82, 2.24) is 9.55 Å². The van der Waals surface area contributed by atoms with Crippen LogP contribution in [0.3, 0.4) is 0 Å². The normalized spacial score (nSPS) is 13.8. The Bertz CT molecular complexity index is 622. The van der Waals surface area contributed by atoms with Gasteiger partial charge < -0.3 is 9.30 Å². The lowest BCUT2D eigenvalue weighted by Gasteiger charge is -2.13. The molecule has 3 nitrogen and oxygen atoms in total. The summed E-state index contributed by atoms with van der Waals surface area (Å²) in [5, 5.41) is -0.334. The molecule has 1 atom stereocenters. The first-order chi connectivity index (χ1) is 9.79. The number of para-hydroxylation sites is 1. The van der Waals surface area contributed by atoms with Crippen molar-refractivity contribution in [3.8, 4) is 0 Å². The van der Waals surface area contributed by atoms with E-state index in [1.54, 1.807) is 6.92 Å². The summed E-state index contributed by atoms with van der Waals surface area (Å²) in [6, 6.07) is 5.68. The fraction of sp³-hybridized carbons (Fsp3) is 0.500. The molecule has 1 aromatic carbocycles. The minimum absolute atomic E-state index is 0.0457. The molecule has 0 aliphatic rings. The van der Waals surface area contributed by atoms with E-state index in [9.17, 15) is 13.2 Å². The van der Waals surface area contributed by atoms with Gasteiger partial charge in [0, 0.05) is 6.54 Å². The molecule has 21 heavy (non-hydrogen) atoms. The number of hydrogen-bond acceptors (Lipinski definition) is 2. The summed E-state index contributed by atoms with van der Waals surface area (Å²) in [7, 11) is 0. The summed E-state index contributed by atoms with van der Waals surface area (Å²) < 4.78 is 42.8. The Kier molecular flexibility index (Phi) is 4.78. The molecule has 0 saturated carbocycles. The highest BCUT2D eigenvalue weighted by Crippen LogP contribution is 2.26. The van der Waals surface area contributed by atoms with Gasteiger partial charge in [-0.15, -0.1) is 11.6 Å². The lowest BCUT2D eigenvalue weighted by atomic mass is 10.2. The van der Waals surface area contributed by atoms with Crippen LogP contribution < -0.4 is 0 Å². The van der Waals surface area contributed by atoms with Crippen LogP contribution in [0.1, 0.15) is 23.7 Å². The zero-order chi connectivity index (χ0) is 15.6. The van der Waals surface area contributed by atoms with Crippen LogP contribution in [0, 0.1) is 6.92 Å². The predicted octanol–water partition coefficient (Wildman–Crippen LogP) is 4.22. The van der Waals surface area contributed by atoms with Crippen molar-refractivity contribution >= 4 is 22.6 Å². The minimum atomic E-state index is -4.31. The van der Waals surface area contributed by atoms with E-state index in [2.05, 4.69) is 9.72 Å². The molecule has 2 rings (SSSR count). The van der Waals surface area contributed by atoms with Crippen molar-refractivity contribution in [2.75, 3.05) is 13.2 Å². The summed E-state index contributed by atoms with van der Waals surface area (Å²) in [6.07, 6.45) is -4.31. The van der Waals surface area contributed by atoms with Crippen molar-refractivity contribution < 1.29 is 17.9 Å². The molecule has 1 heterocycles. The van der Waals surface area contributed by atoms with Gasteiger partial charge in [-0.1, -0.05) is 12.1 Å². The quantitative estimate of drug-likeness (QED) is 0.609. The summed E-state index contributed by atoms with van der Waals surface area (Å²) in [6.45, 7) is 2.70. The number of imidazole rings is 1. The Hall–Kier alpha value is -1.27. The van der Waals surface area contributed by atoms with Crippen LogP contribution in [-0.4, -0.2) is 28.9 Å². The highest BCUT2D eigenvalue weighted by Gasteiger charge is 2.27. The third-order valence-corrected chi connectivity index (χ3v) is 3.27. The lowest BCUT2D eigenvalue weighted by molar-refractivity contribution is -0.174. The van der Waals surface area contributed by atoms with Gasteiger partial charge in [-0.25, -0.2) is 4.98 Å². The smallest absolute Gasteiger partial charge is 0.370 e. The van der Waals surface area contributed by atoms with Gasteiger partial charge in [-0.05, 0) is 25.5 Å². The molecule has 0 amide bonds. The number of alkyl halides is 4. The van der Waals surface area contributed by atoms with Crippen LogP contribution in [0.4, 0.5) is 13.2 Å². The maximum absolute atomic E-state index is 12.1. The zero-order valence-corrected chi connectivity index (χ0v) is 12.5. The second-order valence-electron chi connectivity index (χ2n) is 4.85. The second-order valence-corrected chi connectivity index (χ2v) is 5.50. The summed E-state index contributed by atoms with van der Waals surface area (Å²) in [5.74, 6) is 0.636. The van der Waals surface area contributed by atoms with Crippen molar-refractivity contribution in [3.05, 3.63) is 29.6 Å². The van der Waals surface area contributed by atoms with Crippen molar-refractivity contribution in [2.24, 2.45) is 0 Å². The van der Waals surface area contributed by atoms with Crippen molar-refractivity contribution in [3.63, 3.8) is 0 Å². The standard InChI is InChI=1S/C14H16ClF3N2O/c1-9-4-3-5-11-12(9)20(13(19-11)10(2)15)6-7-21-8-14(16,17)18/h3-5,10H,6-8H2,1-2H3. The van der Waals surface area contributed by atoms with E-state index in [0.717, 1.165) is 16.6 Å². The number of rotatable bonds is 5. The highest BCUT2D eigenvalue weighted by molar-refractivity contribution is 6.20. The molecule has 2 aromatic rings. The van der Waals surface area contributed by atoms with Gasteiger partial charge in [-0.3, -0.25) is 0 Å². The third-order valence-electron chi connectivity index (χ3n) is 3.08. The number of nitrogens with zero attached hydrogens (tertiary/aromatic N) is 2. The highest BCUT2D eigenvalue weighted by atomic mass is 35.5. The van der Waals surface area contributed by atoms with Gasteiger partial charge in [0.25, 0.3) is 0 Å². The molecule has 0 saturated heterocycles. The van der Waals surface area contributed by atoms with E-state index in [1.807, 2.05) is 29.7 Å². The molecule has 7 heteroatoms. The third kappa shape index (κ3) is 3.89. The Morgan fingerprint density at radius 3 is 2.71 bits per heavy atom. The van der Waals surface area contributed by atoms with Gasteiger partial charge in [-0.2, -0.15) is 13.2 Å². The molecule has 0 spiro atoms. The van der Waals surface area contributed by atoms with Crippen LogP contribution in [-0.2, 0) is 11.3 Å². The molecule has 0 N–H and O–H groups in total. The molecular weight excluding hydrogens is 305 g/mol. The number of halogens is 4. The monoisotopic (exact) mass is 320 g/mol. The largest absolute Gasteiger partial charge is 0.411 e. The minimum Gasteiger partial charge on any atom is -0.370 e. The first kappa shape index (κ1) is 16.1. The topological polar surface area (TPSA) is 27.1 Å². The van der Waals surface area contributed by atoms with Gasteiger partial charge in [0.1, 0.15) is 12.4 Å². The number of hydrogen-bond donors (Lipinski definition) is 0. The zero-order valence-electron chi connectivity index (χ0n) is 11.7. The number of fused-ring (bicyclic) bond motifs is 1. The Morgan fingerprint density at radius 1 is 1.38 bits per heavy atom. The molecular formula is C14H16ClF3N2O. The van der Waals surface area contributed by atoms with Crippen LogP contribution >= 0.6 is 11.6 Å². The lowest BCUT2D eigenvalue weighted by Crippen LogP contribution is -2.19. The molecule has 0 aliphatic carbocycles. The second kappa shape index (κ2) is 6.23. The molecule has 1 unspecified atom stereocenters. The summed E-state index contributed by atoms with van der Waals surface area (Å²) in [4.78, 5) is 4.45. The first-order valence-electron chi connectivity index (χ1n) is 6.54. The van der Waals surface area contributed by atoms with Crippen molar-refractivity contribution in [2.45, 2.75) is 31.9 Å². The molecule has 116 valence electrons. The van der Waals surface area contributed by atoms with E-state index in [0.29, 0.717) is 5.82 Å². The molecule has 0 radical (unpaired) electrons. The Labute approximate surface area is 125 Å². The Balaban J connectivity index is 2.22. The van der Waals surface area contributed by atoms with Gasteiger partial charge in [0.15, 0.2) is 0 Å². The number of benzene rings is 1. The fourth-order valence-corrected chi connectivity index (χ4v) is 2.42. The van der Waals surface area contributed by atoms with E-state index < -0.39 is 12.8 Å². The van der Waals surface area contributed by atoms with Crippen LogP contribution in [0.5, 0.6) is 0 Å². The van der Waals surface area contributed by atoms with Gasteiger partial charge in [0.2, 0.25) is 0 Å². The van der Waals surface area contributed by atoms with E-state index >= 15 is 0 Å². The summed E-state index contributed by atoms with van der Waals surface area (Å²) >= 11 is 6.11. The SMILES string of the molecule is Cc1cccc2nc(C(C)Cl)n(CCOCC(F)(F)F)c12. The first-order valence-corrected chi connectivity index (χ1v) is 6.97. The van der Waals surface area contributed by atoms with Gasteiger partial charge >= 0.3 is 6.18 Å². The number of ether oxygens (including phenoxy) is 1. The molecule has 0 aliphatic heterocycles. The van der Waals surface area contributed by atoms with Crippen LogP contribution in [0.25, 0.3) is 11.0 Å². The molecule has 1 aromatic heterocycles. The van der Waals surface area contributed by atoms with Crippen LogP contribution in [0.2, 0.25) is 0 Å². The maximum atomic E-state index is 12.1. The fourth-order valence-electron chi connectivity index (χ4n) is 2.26. The van der Waals surface area contributed by atoms with E-state index in [4.69, 9.17) is 11.6 Å². The Morgan fingerprint density at radius 2 is 2.10 bits per heavy atom. The number of aryl methyl sites for hydroxylation is 1. The average Bonchev–Trinajstić information content (AvgIpc) is 2.74. The maximum Gasteiger partial charge on any atom is 0.411 e. The van der Waals surface area contributed by atoms with Crippen molar-refractivity contribution in [1.29, 1.82) is 0 Å². The number of aromatic nitrogens is 2. The van der Waals surface area contributed by atoms with E-state index in [-0.39, 0.29) is 18.5 Å². The van der Waals surface area contributed by atoms with Gasteiger partial charge in [0.05, 0.1) is 23.0 Å². The predicted molar refractivity (Wildman–Crippen MR) is 75.6 cm³/mol. The van der Waals surface area contributed by atoms with E-state index in [1.165, 1.54) is 0 Å². The molecule has 0 fully saturated rings. The average molecular weight is 321 g/mol.